The van der Waals surface area contributed by atoms with Crippen LogP contribution in [0.3, 0.4) is 0 Å². The van der Waals surface area contributed by atoms with Crippen LogP contribution in [0.1, 0.15) is 10.4 Å². The molecule has 1 aromatic rings. The highest BCUT2D eigenvalue weighted by Gasteiger charge is 2.53. The third kappa shape index (κ3) is 1.91. The van der Waals surface area contributed by atoms with E-state index in [-0.39, 0.29) is 11.6 Å². The summed E-state index contributed by atoms with van der Waals surface area (Å²) in [5.74, 6) is -0.891. The minimum atomic E-state index is -0.729. The molecule has 0 spiro atoms. The Hall–Kier alpha value is -1.49. The molecule has 2 aliphatic rings. The van der Waals surface area contributed by atoms with Crippen LogP contribution in [0.4, 0.5) is 8.78 Å². The quantitative estimate of drug-likeness (QED) is 0.804. The smallest absolute Gasteiger partial charge is 0.251 e. The summed E-state index contributed by atoms with van der Waals surface area (Å²) in [7, 11) is 0. The van der Waals surface area contributed by atoms with Crippen molar-refractivity contribution in [1.82, 2.24) is 10.6 Å². The minimum absolute atomic E-state index is 0.0421. The fourth-order valence-corrected chi connectivity index (χ4v) is 2.55. The van der Waals surface area contributed by atoms with Gasteiger partial charge in [-0.15, -0.1) is 0 Å². The lowest BCUT2D eigenvalue weighted by atomic mass is 10.2. The van der Waals surface area contributed by atoms with Crippen LogP contribution in [0.5, 0.6) is 0 Å². The normalized spacial score (nSPS) is 29.9. The van der Waals surface area contributed by atoms with Gasteiger partial charge in [0.05, 0.1) is 0 Å². The van der Waals surface area contributed by atoms with E-state index in [0.717, 1.165) is 31.3 Å². The molecule has 2 N–H and O–H groups in total. The predicted octanol–water partition coefficient (Wildman–Crippen LogP) is 0.912. The Morgan fingerprint density at radius 1 is 1.18 bits per heavy atom. The molecule has 1 heterocycles. The Kier molecular flexibility index (Phi) is 2.36. The predicted molar refractivity (Wildman–Crippen MR) is 57.5 cm³/mol. The number of amides is 1. The fourth-order valence-electron chi connectivity index (χ4n) is 2.55. The molecule has 0 aromatic heterocycles. The maximum absolute atomic E-state index is 12.9. The van der Waals surface area contributed by atoms with Gasteiger partial charge in [-0.25, -0.2) is 8.78 Å². The summed E-state index contributed by atoms with van der Waals surface area (Å²) in [6, 6.07) is 3.02. The molecule has 5 heteroatoms. The number of carbonyl (C=O) groups is 1. The van der Waals surface area contributed by atoms with Gasteiger partial charge in [0.2, 0.25) is 0 Å². The molecular formula is C12H12F2N2O. The van der Waals surface area contributed by atoms with Crippen molar-refractivity contribution in [1.29, 1.82) is 0 Å². The van der Waals surface area contributed by atoms with Gasteiger partial charge in [-0.05, 0) is 24.0 Å². The number of fused-ring (bicyclic) bond motifs is 1. The van der Waals surface area contributed by atoms with Gasteiger partial charge in [-0.2, -0.15) is 0 Å². The Morgan fingerprint density at radius 3 is 2.35 bits per heavy atom. The third-order valence-corrected chi connectivity index (χ3v) is 3.51. The number of benzene rings is 1. The summed E-state index contributed by atoms with van der Waals surface area (Å²) in [6.45, 7) is 1.82. The number of hydrogen-bond donors (Lipinski definition) is 2. The van der Waals surface area contributed by atoms with Crippen LogP contribution in [0.15, 0.2) is 18.2 Å². The topological polar surface area (TPSA) is 41.1 Å². The van der Waals surface area contributed by atoms with E-state index in [0.29, 0.717) is 11.8 Å². The molecule has 1 saturated carbocycles. The lowest BCUT2D eigenvalue weighted by molar-refractivity contribution is 0.0945. The summed E-state index contributed by atoms with van der Waals surface area (Å²) in [4.78, 5) is 11.8. The first-order chi connectivity index (χ1) is 8.15. The molecule has 1 aliphatic heterocycles. The highest BCUT2D eigenvalue weighted by molar-refractivity contribution is 5.94. The van der Waals surface area contributed by atoms with E-state index < -0.39 is 17.5 Å². The summed E-state index contributed by atoms with van der Waals surface area (Å²) < 4.78 is 25.9. The van der Waals surface area contributed by atoms with Crippen molar-refractivity contribution in [2.75, 3.05) is 13.1 Å². The van der Waals surface area contributed by atoms with Crippen molar-refractivity contribution in [3.05, 3.63) is 35.4 Å². The molecule has 0 radical (unpaired) electrons. The molecule has 1 aromatic carbocycles. The maximum Gasteiger partial charge on any atom is 0.251 e. The maximum atomic E-state index is 12.9. The zero-order valence-electron chi connectivity index (χ0n) is 9.04. The number of hydrogen-bond acceptors (Lipinski definition) is 2. The second kappa shape index (κ2) is 3.77. The molecular weight excluding hydrogens is 226 g/mol. The second-order valence-corrected chi connectivity index (χ2v) is 4.64. The molecule has 2 atom stereocenters. The number of piperidine rings is 1. The van der Waals surface area contributed by atoms with Crippen LogP contribution in [0.2, 0.25) is 0 Å². The molecule has 1 amide bonds. The minimum Gasteiger partial charge on any atom is -0.349 e. The van der Waals surface area contributed by atoms with Crippen LogP contribution in [0.25, 0.3) is 0 Å². The van der Waals surface area contributed by atoms with Crippen molar-refractivity contribution >= 4 is 5.91 Å². The lowest BCUT2D eigenvalue weighted by Crippen LogP contribution is -2.32. The van der Waals surface area contributed by atoms with Gasteiger partial charge in [-0.1, -0.05) is 0 Å². The average Bonchev–Trinajstić information content (AvgIpc) is 2.73. The van der Waals surface area contributed by atoms with Gasteiger partial charge in [0.25, 0.3) is 5.91 Å². The zero-order chi connectivity index (χ0) is 12.0. The van der Waals surface area contributed by atoms with Gasteiger partial charge in [0.15, 0.2) is 0 Å². The van der Waals surface area contributed by atoms with Crippen LogP contribution < -0.4 is 10.6 Å². The highest BCUT2D eigenvalue weighted by Crippen LogP contribution is 2.41. The molecule has 17 heavy (non-hydrogen) atoms. The molecule has 2 fully saturated rings. The van der Waals surface area contributed by atoms with E-state index >= 15 is 0 Å². The Balaban J connectivity index is 1.69. The van der Waals surface area contributed by atoms with Gasteiger partial charge in [0.1, 0.15) is 11.6 Å². The number of nitrogens with one attached hydrogen (secondary N) is 2. The number of rotatable bonds is 2. The van der Waals surface area contributed by atoms with Crippen LogP contribution in [-0.2, 0) is 0 Å². The molecule has 2 unspecified atom stereocenters. The summed E-state index contributed by atoms with van der Waals surface area (Å²) in [5, 5.41) is 6.03. The first-order valence-electron chi connectivity index (χ1n) is 5.63. The lowest BCUT2D eigenvalue weighted by Gasteiger charge is -2.07. The van der Waals surface area contributed by atoms with Gasteiger partial charge in [0, 0.05) is 30.8 Å². The van der Waals surface area contributed by atoms with Crippen molar-refractivity contribution in [3.63, 3.8) is 0 Å². The summed E-state index contributed by atoms with van der Waals surface area (Å²) >= 11 is 0. The van der Waals surface area contributed by atoms with E-state index in [1.54, 1.807) is 0 Å². The number of halogens is 2. The molecule has 90 valence electrons. The number of carbonyl (C=O) groups excluding carboxylic acids is 1. The van der Waals surface area contributed by atoms with E-state index in [1.807, 2.05) is 0 Å². The first kappa shape index (κ1) is 10.7. The summed E-state index contributed by atoms with van der Waals surface area (Å²) in [5.41, 5.74) is 0.0421. The van der Waals surface area contributed by atoms with Crippen LogP contribution in [0, 0.1) is 23.5 Å². The Morgan fingerprint density at radius 2 is 1.76 bits per heavy atom. The fraction of sp³-hybridized carbons (Fsp3) is 0.417. The summed E-state index contributed by atoms with van der Waals surface area (Å²) in [6.07, 6.45) is 0. The van der Waals surface area contributed by atoms with Crippen molar-refractivity contribution in [3.8, 4) is 0 Å². The van der Waals surface area contributed by atoms with Gasteiger partial charge >= 0.3 is 0 Å². The van der Waals surface area contributed by atoms with E-state index in [1.165, 1.54) is 0 Å². The molecule has 1 saturated heterocycles. The molecule has 3 nitrogen and oxygen atoms in total. The largest absolute Gasteiger partial charge is 0.349 e. The standard InChI is InChI=1S/C12H12F2N2O/c13-7-1-6(2-8(14)3-7)12(17)16-11-9-4-15-5-10(9)11/h1-3,9-11,15H,4-5H2,(H,16,17). The highest BCUT2D eigenvalue weighted by atomic mass is 19.1. The molecule has 1 aliphatic carbocycles. The van der Waals surface area contributed by atoms with E-state index in [9.17, 15) is 13.6 Å². The first-order valence-corrected chi connectivity index (χ1v) is 5.63. The van der Waals surface area contributed by atoms with Crippen LogP contribution in [-0.4, -0.2) is 25.0 Å². The monoisotopic (exact) mass is 238 g/mol. The SMILES string of the molecule is O=C(NC1C2CNCC21)c1cc(F)cc(F)c1. The molecule has 0 bridgehead atoms. The van der Waals surface area contributed by atoms with Gasteiger partial charge in [-0.3, -0.25) is 4.79 Å². The average molecular weight is 238 g/mol. The van der Waals surface area contributed by atoms with Crippen molar-refractivity contribution < 1.29 is 13.6 Å². The van der Waals surface area contributed by atoms with Crippen LogP contribution >= 0.6 is 0 Å². The van der Waals surface area contributed by atoms with Crippen molar-refractivity contribution in [2.24, 2.45) is 11.8 Å². The molecule has 3 rings (SSSR count). The second-order valence-electron chi connectivity index (χ2n) is 4.64. The zero-order valence-corrected chi connectivity index (χ0v) is 9.04. The Labute approximate surface area is 97.2 Å². The Bertz CT molecular complexity index is 447. The van der Waals surface area contributed by atoms with E-state index in [4.69, 9.17) is 0 Å². The van der Waals surface area contributed by atoms with E-state index in [2.05, 4.69) is 10.6 Å². The third-order valence-electron chi connectivity index (χ3n) is 3.51. The van der Waals surface area contributed by atoms with Gasteiger partial charge < -0.3 is 10.6 Å². The van der Waals surface area contributed by atoms with Crippen molar-refractivity contribution in [2.45, 2.75) is 6.04 Å².